The molecule has 0 amide bonds. The lowest BCUT2D eigenvalue weighted by atomic mass is 9.99. The molecule has 0 saturated heterocycles. The molecule has 0 bridgehead atoms. The number of benzene rings is 7. The van der Waals surface area contributed by atoms with E-state index in [9.17, 15) is 0 Å². The molecule has 0 atom stereocenters. The van der Waals surface area contributed by atoms with Gasteiger partial charge in [0, 0.05) is 43.8 Å². The van der Waals surface area contributed by atoms with E-state index < -0.39 is 0 Å². The van der Waals surface area contributed by atoms with Gasteiger partial charge in [-0.15, -0.1) is 0 Å². The normalized spacial score (nSPS) is 11.6. The maximum absolute atomic E-state index is 6.36. The zero-order chi connectivity index (χ0) is 33.0. The Kier molecular flexibility index (Phi) is 6.46. The molecule has 0 aliphatic heterocycles. The lowest BCUT2D eigenvalue weighted by molar-refractivity contribution is 0.670. The Morgan fingerprint density at radius 3 is 1.68 bits per heavy atom. The van der Waals surface area contributed by atoms with Gasteiger partial charge < -0.3 is 8.98 Å². The van der Waals surface area contributed by atoms with Crippen molar-refractivity contribution in [3.05, 3.63) is 176 Å². The third kappa shape index (κ3) is 4.54. The highest BCUT2D eigenvalue weighted by atomic mass is 16.3. The molecule has 0 fully saturated rings. The summed E-state index contributed by atoms with van der Waals surface area (Å²) in [6.07, 6.45) is 0. The maximum Gasteiger partial charge on any atom is 0.162 e. The summed E-state index contributed by atoms with van der Waals surface area (Å²) in [6, 6.07) is 61.2. The van der Waals surface area contributed by atoms with Crippen molar-refractivity contribution in [1.29, 1.82) is 0 Å². The van der Waals surface area contributed by atoms with E-state index in [0.717, 1.165) is 77.9 Å². The third-order valence-corrected chi connectivity index (χ3v) is 9.66. The summed E-state index contributed by atoms with van der Waals surface area (Å²) in [5, 5.41) is 4.69. The summed E-state index contributed by atoms with van der Waals surface area (Å²) >= 11 is 0. The second-order valence-corrected chi connectivity index (χ2v) is 12.6. The minimum absolute atomic E-state index is 0.676. The molecule has 10 aromatic rings. The van der Waals surface area contributed by atoms with Crippen molar-refractivity contribution in [2.24, 2.45) is 0 Å². The predicted octanol–water partition coefficient (Wildman–Crippen LogP) is 12.1. The number of para-hydroxylation sites is 5. The van der Waals surface area contributed by atoms with Crippen LogP contribution in [-0.2, 0) is 0 Å². The SMILES string of the molecule is c1ccc(-c2cc(-c3ccc(-c4cccc5c4oc4ccccc45)cc3)nc(-c3ccccc3-n3c4ccccc4c4ccccc43)n2)cc1. The van der Waals surface area contributed by atoms with Gasteiger partial charge in [-0.25, -0.2) is 9.97 Å². The Morgan fingerprint density at radius 1 is 0.400 bits per heavy atom. The molecule has 50 heavy (non-hydrogen) atoms. The van der Waals surface area contributed by atoms with Crippen molar-refractivity contribution >= 4 is 43.7 Å². The average Bonchev–Trinajstić information content (AvgIpc) is 3.74. The van der Waals surface area contributed by atoms with Crippen molar-refractivity contribution in [3.8, 4) is 50.7 Å². The zero-order valence-corrected chi connectivity index (χ0v) is 27.0. The van der Waals surface area contributed by atoms with E-state index in [0.29, 0.717) is 5.82 Å². The molecule has 0 spiro atoms. The molecule has 7 aromatic carbocycles. The first-order chi connectivity index (χ1) is 24.8. The van der Waals surface area contributed by atoms with Crippen molar-refractivity contribution in [1.82, 2.24) is 14.5 Å². The molecule has 10 rings (SSSR count). The number of hydrogen-bond donors (Lipinski definition) is 0. The second-order valence-electron chi connectivity index (χ2n) is 12.6. The van der Waals surface area contributed by atoms with Crippen LogP contribution in [0.2, 0.25) is 0 Å². The lowest BCUT2D eigenvalue weighted by Crippen LogP contribution is -2.01. The van der Waals surface area contributed by atoms with Crippen molar-refractivity contribution < 1.29 is 4.42 Å². The Balaban J connectivity index is 1.14. The van der Waals surface area contributed by atoms with Gasteiger partial charge in [0.05, 0.1) is 28.1 Å². The number of rotatable bonds is 5. The minimum Gasteiger partial charge on any atom is -0.455 e. The predicted molar refractivity (Wildman–Crippen MR) is 205 cm³/mol. The number of nitrogens with zero attached hydrogens (tertiary/aromatic N) is 3. The summed E-state index contributed by atoms with van der Waals surface area (Å²) in [5.41, 5.74) is 12.0. The van der Waals surface area contributed by atoms with Crippen LogP contribution in [0.25, 0.3) is 94.5 Å². The highest BCUT2D eigenvalue weighted by Crippen LogP contribution is 2.38. The fourth-order valence-corrected chi connectivity index (χ4v) is 7.31. The fraction of sp³-hybridized carbons (Fsp3) is 0. The molecular weight excluding hydrogens is 611 g/mol. The molecule has 0 saturated carbocycles. The minimum atomic E-state index is 0.676. The number of fused-ring (bicyclic) bond motifs is 6. The van der Waals surface area contributed by atoms with Gasteiger partial charge in [0.2, 0.25) is 0 Å². The average molecular weight is 640 g/mol. The van der Waals surface area contributed by atoms with Crippen LogP contribution >= 0.6 is 0 Å². The van der Waals surface area contributed by atoms with Gasteiger partial charge in [-0.05, 0) is 42.0 Å². The lowest BCUT2D eigenvalue weighted by Gasteiger charge is -2.15. The van der Waals surface area contributed by atoms with E-state index in [4.69, 9.17) is 14.4 Å². The van der Waals surface area contributed by atoms with Crippen LogP contribution < -0.4 is 0 Å². The van der Waals surface area contributed by atoms with Crippen LogP contribution in [0.4, 0.5) is 0 Å². The third-order valence-electron chi connectivity index (χ3n) is 9.66. The molecule has 3 aromatic heterocycles. The first kappa shape index (κ1) is 28.3. The molecule has 0 radical (unpaired) electrons. The monoisotopic (exact) mass is 639 g/mol. The van der Waals surface area contributed by atoms with E-state index in [2.05, 4.69) is 162 Å². The van der Waals surface area contributed by atoms with Crippen molar-refractivity contribution in [2.75, 3.05) is 0 Å². The summed E-state index contributed by atoms with van der Waals surface area (Å²) in [7, 11) is 0. The zero-order valence-electron chi connectivity index (χ0n) is 27.0. The van der Waals surface area contributed by atoms with E-state index in [1.54, 1.807) is 0 Å². The largest absolute Gasteiger partial charge is 0.455 e. The molecule has 0 N–H and O–H groups in total. The van der Waals surface area contributed by atoms with Crippen LogP contribution in [-0.4, -0.2) is 14.5 Å². The molecule has 0 aliphatic carbocycles. The highest BCUT2D eigenvalue weighted by Gasteiger charge is 2.19. The van der Waals surface area contributed by atoms with Crippen LogP contribution in [0.15, 0.2) is 180 Å². The molecule has 4 nitrogen and oxygen atoms in total. The topological polar surface area (TPSA) is 43.9 Å². The van der Waals surface area contributed by atoms with E-state index in [-0.39, 0.29) is 0 Å². The van der Waals surface area contributed by atoms with Gasteiger partial charge in [-0.1, -0.05) is 140 Å². The van der Waals surface area contributed by atoms with Gasteiger partial charge in [-0.3, -0.25) is 0 Å². The summed E-state index contributed by atoms with van der Waals surface area (Å²) < 4.78 is 8.69. The van der Waals surface area contributed by atoms with Crippen LogP contribution in [0, 0.1) is 0 Å². The van der Waals surface area contributed by atoms with Crippen molar-refractivity contribution in [3.63, 3.8) is 0 Å². The molecule has 0 aliphatic rings. The maximum atomic E-state index is 6.36. The Labute approximate surface area is 288 Å². The number of aromatic nitrogens is 3. The standard InChI is InChI=1S/C46H29N3O/c1-2-13-31(14-3-1)39-29-40(32-27-25-30(26-28-32)33-19-12-20-37-36-17-7-11-24-44(36)50-45(33)37)48-46(47-39)38-18-6-10-23-43(38)49-41-21-8-4-15-34(41)35-16-5-9-22-42(35)49/h1-29H. The second kappa shape index (κ2) is 11.4. The molecule has 3 heterocycles. The highest BCUT2D eigenvalue weighted by molar-refractivity contribution is 6.10. The van der Waals surface area contributed by atoms with Gasteiger partial charge in [0.25, 0.3) is 0 Å². The number of hydrogen-bond acceptors (Lipinski definition) is 3. The quantitative estimate of drug-likeness (QED) is 0.188. The van der Waals surface area contributed by atoms with E-state index in [1.165, 1.54) is 10.8 Å². The Hall–Kier alpha value is -6.78. The van der Waals surface area contributed by atoms with E-state index >= 15 is 0 Å². The Morgan fingerprint density at radius 2 is 0.940 bits per heavy atom. The molecule has 0 unspecified atom stereocenters. The van der Waals surface area contributed by atoms with Gasteiger partial charge in [0.15, 0.2) is 5.82 Å². The molecule has 4 heteroatoms. The molecule has 234 valence electrons. The summed E-state index contributed by atoms with van der Waals surface area (Å²) in [6.45, 7) is 0. The Bertz CT molecular complexity index is 2810. The van der Waals surface area contributed by atoms with E-state index in [1.807, 2.05) is 18.2 Å². The summed E-state index contributed by atoms with van der Waals surface area (Å²) in [5.74, 6) is 0.676. The van der Waals surface area contributed by atoms with Crippen molar-refractivity contribution in [2.45, 2.75) is 0 Å². The van der Waals surface area contributed by atoms with Crippen LogP contribution in [0.3, 0.4) is 0 Å². The van der Waals surface area contributed by atoms with Gasteiger partial charge >= 0.3 is 0 Å². The number of furan rings is 1. The van der Waals surface area contributed by atoms with Gasteiger partial charge in [0.1, 0.15) is 11.2 Å². The van der Waals surface area contributed by atoms with Crippen LogP contribution in [0.5, 0.6) is 0 Å². The fourth-order valence-electron chi connectivity index (χ4n) is 7.31. The smallest absolute Gasteiger partial charge is 0.162 e. The first-order valence-electron chi connectivity index (χ1n) is 16.8. The first-order valence-corrected chi connectivity index (χ1v) is 16.8. The van der Waals surface area contributed by atoms with Crippen LogP contribution in [0.1, 0.15) is 0 Å². The summed E-state index contributed by atoms with van der Waals surface area (Å²) in [4.78, 5) is 10.5. The van der Waals surface area contributed by atoms with Gasteiger partial charge in [-0.2, -0.15) is 0 Å². The molecular formula is C46H29N3O.